The second-order valence-electron chi connectivity index (χ2n) is 11.1. The summed E-state index contributed by atoms with van der Waals surface area (Å²) in [6.07, 6.45) is 8.85. The maximum atomic E-state index is 12.8. The van der Waals surface area contributed by atoms with E-state index in [4.69, 9.17) is 4.98 Å². The van der Waals surface area contributed by atoms with Crippen LogP contribution in [0.15, 0.2) is 60.7 Å². The molecule has 0 spiro atoms. The number of imidazole rings is 1. The summed E-state index contributed by atoms with van der Waals surface area (Å²) in [4.78, 5) is 32.3. The molecule has 0 aliphatic heterocycles. The molecule has 1 amide bonds. The second-order valence-corrected chi connectivity index (χ2v) is 11.1. The molecule has 1 heterocycles. The van der Waals surface area contributed by atoms with Crippen molar-refractivity contribution < 1.29 is 14.7 Å². The van der Waals surface area contributed by atoms with Gasteiger partial charge in [-0.15, -0.1) is 0 Å². The highest BCUT2D eigenvalue weighted by Crippen LogP contribution is 2.34. The molecule has 4 aromatic rings. The zero-order valence-electron chi connectivity index (χ0n) is 23.8. The number of fused-ring (bicyclic) bond motifs is 1. The topological polar surface area (TPSA) is 75.4 Å². The van der Waals surface area contributed by atoms with Gasteiger partial charge in [0.2, 0.25) is 5.91 Å². The summed E-state index contributed by atoms with van der Waals surface area (Å²) in [6.45, 7) is 6.41. The molecule has 208 valence electrons. The SMILES string of the molecule is CCCCc1nc2ccc(N(CC3CCCCC3)C(C)=O)cc2n1-c1ccc(-c2ccccc2)c(C(=O)O)c1C. The van der Waals surface area contributed by atoms with Gasteiger partial charge in [-0.3, -0.25) is 9.36 Å². The van der Waals surface area contributed by atoms with Gasteiger partial charge in [0.15, 0.2) is 0 Å². The predicted octanol–water partition coefficient (Wildman–Crippen LogP) is 7.97. The van der Waals surface area contributed by atoms with Crippen molar-refractivity contribution in [2.45, 2.75) is 72.1 Å². The highest BCUT2D eigenvalue weighted by molar-refractivity contribution is 5.99. The first-order chi connectivity index (χ1) is 19.4. The Morgan fingerprint density at radius 2 is 1.77 bits per heavy atom. The van der Waals surface area contributed by atoms with Crippen LogP contribution in [0.4, 0.5) is 5.69 Å². The first-order valence-corrected chi connectivity index (χ1v) is 14.6. The van der Waals surface area contributed by atoms with Crippen LogP contribution < -0.4 is 4.90 Å². The molecule has 0 atom stereocenters. The number of unbranched alkanes of at least 4 members (excludes halogenated alkanes) is 1. The van der Waals surface area contributed by atoms with Crippen molar-refractivity contribution in [3.05, 3.63) is 77.6 Å². The molecule has 0 saturated heterocycles. The van der Waals surface area contributed by atoms with E-state index in [1.54, 1.807) is 6.92 Å². The number of anilines is 1. The van der Waals surface area contributed by atoms with Crippen molar-refractivity contribution in [1.29, 1.82) is 0 Å². The van der Waals surface area contributed by atoms with Gasteiger partial charge in [0.25, 0.3) is 0 Å². The van der Waals surface area contributed by atoms with E-state index in [9.17, 15) is 14.7 Å². The molecule has 3 aromatic carbocycles. The number of aromatic nitrogens is 2. The maximum absolute atomic E-state index is 12.8. The Labute approximate surface area is 236 Å². The summed E-state index contributed by atoms with van der Waals surface area (Å²) in [7, 11) is 0. The highest BCUT2D eigenvalue weighted by atomic mass is 16.4. The number of hydrogen-bond acceptors (Lipinski definition) is 3. The Balaban J connectivity index is 1.66. The number of rotatable bonds is 9. The Bertz CT molecular complexity index is 1520. The van der Waals surface area contributed by atoms with Crippen molar-refractivity contribution in [2.24, 2.45) is 5.92 Å². The molecule has 0 unspecified atom stereocenters. The van der Waals surface area contributed by atoms with E-state index in [1.165, 1.54) is 19.3 Å². The smallest absolute Gasteiger partial charge is 0.336 e. The Morgan fingerprint density at radius 3 is 2.45 bits per heavy atom. The average Bonchev–Trinajstić information content (AvgIpc) is 3.32. The molecule has 5 rings (SSSR count). The summed E-state index contributed by atoms with van der Waals surface area (Å²) in [5, 5.41) is 10.3. The molecular weight excluding hydrogens is 498 g/mol. The van der Waals surface area contributed by atoms with Gasteiger partial charge in [0.05, 0.1) is 22.3 Å². The van der Waals surface area contributed by atoms with Gasteiger partial charge in [0, 0.05) is 25.6 Å². The van der Waals surface area contributed by atoms with Gasteiger partial charge in [-0.25, -0.2) is 9.78 Å². The van der Waals surface area contributed by atoms with E-state index in [1.807, 2.05) is 66.4 Å². The minimum Gasteiger partial charge on any atom is -0.478 e. The number of carboxylic acid groups (broad SMARTS) is 1. The number of nitrogens with zero attached hydrogens (tertiary/aromatic N) is 3. The number of hydrogen-bond donors (Lipinski definition) is 1. The minimum absolute atomic E-state index is 0.0405. The van der Waals surface area contributed by atoms with Crippen molar-refractivity contribution in [1.82, 2.24) is 9.55 Å². The average molecular weight is 538 g/mol. The number of carboxylic acids is 1. The first-order valence-electron chi connectivity index (χ1n) is 14.6. The zero-order valence-corrected chi connectivity index (χ0v) is 23.8. The van der Waals surface area contributed by atoms with Crippen molar-refractivity contribution in [2.75, 3.05) is 11.4 Å². The number of carbonyl (C=O) groups is 2. The van der Waals surface area contributed by atoms with Crippen LogP contribution in [0.25, 0.3) is 27.8 Å². The molecule has 6 heteroatoms. The summed E-state index contributed by atoms with van der Waals surface area (Å²) in [6, 6.07) is 19.6. The Hall–Kier alpha value is -3.93. The molecule has 1 fully saturated rings. The van der Waals surface area contributed by atoms with Crippen LogP contribution in [0.3, 0.4) is 0 Å². The van der Waals surface area contributed by atoms with Crippen molar-refractivity contribution in [3.63, 3.8) is 0 Å². The lowest BCUT2D eigenvalue weighted by Crippen LogP contribution is -2.34. The van der Waals surface area contributed by atoms with Crippen LogP contribution in [0.1, 0.15) is 80.5 Å². The highest BCUT2D eigenvalue weighted by Gasteiger charge is 2.24. The molecule has 1 N–H and O–H groups in total. The second kappa shape index (κ2) is 12.1. The fourth-order valence-electron chi connectivity index (χ4n) is 6.17. The number of aryl methyl sites for hydroxylation is 1. The van der Waals surface area contributed by atoms with E-state index >= 15 is 0 Å². The summed E-state index contributed by atoms with van der Waals surface area (Å²) < 4.78 is 2.12. The van der Waals surface area contributed by atoms with Crippen LogP contribution in [0.5, 0.6) is 0 Å². The number of aromatic carboxylic acids is 1. The van der Waals surface area contributed by atoms with Crippen LogP contribution >= 0.6 is 0 Å². The fraction of sp³-hybridized carbons (Fsp3) is 0.382. The van der Waals surface area contributed by atoms with Gasteiger partial charge in [-0.1, -0.05) is 69.0 Å². The zero-order chi connectivity index (χ0) is 28.2. The molecule has 1 aliphatic carbocycles. The minimum atomic E-state index is -0.950. The van der Waals surface area contributed by atoms with Gasteiger partial charge >= 0.3 is 5.97 Å². The Morgan fingerprint density at radius 1 is 1.02 bits per heavy atom. The molecular formula is C34H39N3O3. The van der Waals surface area contributed by atoms with Crippen LogP contribution in [0.2, 0.25) is 0 Å². The quantitative estimate of drug-likeness (QED) is 0.235. The van der Waals surface area contributed by atoms with Gasteiger partial charge < -0.3 is 10.0 Å². The lowest BCUT2D eigenvalue weighted by atomic mass is 9.89. The predicted molar refractivity (Wildman–Crippen MR) is 161 cm³/mol. The first kappa shape index (κ1) is 27.6. The lowest BCUT2D eigenvalue weighted by Gasteiger charge is -2.29. The van der Waals surface area contributed by atoms with Crippen LogP contribution in [0, 0.1) is 12.8 Å². The molecule has 0 bridgehead atoms. The van der Waals surface area contributed by atoms with E-state index in [2.05, 4.69) is 17.6 Å². The number of carbonyl (C=O) groups excluding carboxylic acids is 1. The van der Waals surface area contributed by atoms with E-state index in [0.717, 1.165) is 72.4 Å². The molecule has 40 heavy (non-hydrogen) atoms. The number of amides is 1. The molecule has 1 aromatic heterocycles. The maximum Gasteiger partial charge on any atom is 0.336 e. The standard InChI is InChI=1S/C34H39N3O3/c1-4-5-16-32-35-29-19-17-27(36(24(3)38)22-25-12-8-6-9-13-25)21-31(29)37(32)30-20-18-28(26-14-10-7-11-15-26)33(23(30)2)34(39)40/h7,10-11,14-15,17-21,25H,4-6,8-9,12-13,16,22H2,1-3H3,(H,39,40). The lowest BCUT2D eigenvalue weighted by molar-refractivity contribution is -0.116. The summed E-state index contributed by atoms with van der Waals surface area (Å²) in [5.41, 5.74) is 5.98. The van der Waals surface area contributed by atoms with Crippen molar-refractivity contribution >= 4 is 28.6 Å². The fourth-order valence-corrected chi connectivity index (χ4v) is 6.17. The van der Waals surface area contributed by atoms with Crippen molar-refractivity contribution in [3.8, 4) is 16.8 Å². The van der Waals surface area contributed by atoms with Gasteiger partial charge in [0.1, 0.15) is 5.82 Å². The number of benzene rings is 3. The normalized spacial score (nSPS) is 14.0. The molecule has 1 saturated carbocycles. The molecule has 1 aliphatic rings. The summed E-state index contributed by atoms with van der Waals surface area (Å²) >= 11 is 0. The Kier molecular flexibility index (Phi) is 8.34. The van der Waals surface area contributed by atoms with E-state index in [-0.39, 0.29) is 5.91 Å². The summed E-state index contributed by atoms with van der Waals surface area (Å²) in [5.74, 6) is 0.513. The molecule has 0 radical (unpaired) electrons. The third kappa shape index (κ3) is 5.53. The molecule has 6 nitrogen and oxygen atoms in total. The third-order valence-corrected chi connectivity index (χ3v) is 8.29. The largest absolute Gasteiger partial charge is 0.478 e. The monoisotopic (exact) mass is 537 g/mol. The van der Waals surface area contributed by atoms with E-state index < -0.39 is 5.97 Å². The third-order valence-electron chi connectivity index (χ3n) is 8.29. The van der Waals surface area contributed by atoms with E-state index in [0.29, 0.717) is 22.6 Å². The van der Waals surface area contributed by atoms with Gasteiger partial charge in [-0.05, 0) is 73.1 Å². The van der Waals surface area contributed by atoms with Gasteiger partial charge in [-0.2, -0.15) is 0 Å². The van der Waals surface area contributed by atoms with Crippen LogP contribution in [-0.4, -0.2) is 33.1 Å². The van der Waals surface area contributed by atoms with Crippen LogP contribution in [-0.2, 0) is 11.2 Å².